The van der Waals surface area contributed by atoms with Crippen LogP contribution in [0.2, 0.25) is 0 Å². The molecule has 2 saturated heterocycles. The molecule has 37 heavy (non-hydrogen) atoms. The monoisotopic (exact) mass is 518 g/mol. The van der Waals surface area contributed by atoms with Gasteiger partial charge in [0.05, 0.1) is 45.1 Å². The number of alkyl halides is 1. The van der Waals surface area contributed by atoms with Crippen molar-refractivity contribution in [2.24, 2.45) is 17.8 Å². The largest absolute Gasteiger partial charge is 0.493 e. The summed E-state index contributed by atoms with van der Waals surface area (Å²) in [6.07, 6.45) is 6.16. The lowest BCUT2D eigenvalue weighted by Gasteiger charge is -2.34. The number of hydrogen-bond donors (Lipinski definition) is 0. The summed E-state index contributed by atoms with van der Waals surface area (Å²) < 4.78 is 52.9. The molecule has 2 unspecified atom stereocenters. The number of anilines is 1. The fraction of sp³-hybridized carbons (Fsp3) is 0.593. The van der Waals surface area contributed by atoms with Crippen LogP contribution in [0.5, 0.6) is 11.5 Å². The molecule has 1 amide bonds. The number of halogens is 3. The molecule has 5 rings (SSSR count). The average molecular weight is 519 g/mol. The summed E-state index contributed by atoms with van der Waals surface area (Å²) in [7, 11) is 0. The lowest BCUT2D eigenvalue weighted by Crippen LogP contribution is -2.52. The highest BCUT2D eigenvalue weighted by atomic mass is 19.1. The van der Waals surface area contributed by atoms with Crippen molar-refractivity contribution in [2.45, 2.75) is 45.2 Å². The molecule has 0 spiro atoms. The minimum Gasteiger partial charge on any atom is -0.493 e. The fourth-order valence-electron chi connectivity index (χ4n) is 5.47. The van der Waals surface area contributed by atoms with Gasteiger partial charge in [0.1, 0.15) is 23.6 Å². The lowest BCUT2D eigenvalue weighted by atomic mass is 9.90. The van der Waals surface area contributed by atoms with Gasteiger partial charge in [-0.15, -0.1) is 0 Å². The van der Waals surface area contributed by atoms with E-state index < -0.39 is 30.1 Å². The first-order valence-electron chi connectivity index (χ1n) is 13.1. The van der Waals surface area contributed by atoms with Crippen molar-refractivity contribution in [1.82, 2.24) is 14.9 Å². The molecule has 3 fully saturated rings. The number of likely N-dealkylation sites (tertiary alicyclic amines) is 1. The Balaban J connectivity index is 1.03. The van der Waals surface area contributed by atoms with Crippen molar-refractivity contribution in [3.8, 4) is 11.5 Å². The van der Waals surface area contributed by atoms with Crippen LogP contribution in [0.25, 0.3) is 0 Å². The molecule has 1 aromatic heterocycles. The molecule has 10 heteroatoms. The number of piperidine rings is 1. The first-order chi connectivity index (χ1) is 17.9. The maximum Gasteiger partial charge on any atom is 0.227 e. The van der Waals surface area contributed by atoms with Crippen LogP contribution in [0.1, 0.15) is 38.2 Å². The molecule has 0 N–H and O–H groups in total. The van der Waals surface area contributed by atoms with Crippen LogP contribution in [0.3, 0.4) is 0 Å². The number of aromatic nitrogens is 2. The highest BCUT2D eigenvalue weighted by Gasteiger charge is 2.43. The van der Waals surface area contributed by atoms with E-state index in [4.69, 9.17) is 9.47 Å². The van der Waals surface area contributed by atoms with Crippen LogP contribution in [0, 0.1) is 29.4 Å². The molecular formula is C27H33F3N4O3. The van der Waals surface area contributed by atoms with Crippen LogP contribution in [0.15, 0.2) is 24.5 Å². The molecule has 7 nitrogen and oxygen atoms in total. The van der Waals surface area contributed by atoms with E-state index in [2.05, 4.69) is 14.9 Å². The summed E-state index contributed by atoms with van der Waals surface area (Å²) in [5.74, 6) is 1.35. The maximum atomic E-state index is 14.5. The van der Waals surface area contributed by atoms with E-state index in [0.717, 1.165) is 56.9 Å². The van der Waals surface area contributed by atoms with E-state index in [9.17, 15) is 18.0 Å². The second kappa shape index (κ2) is 11.1. The Hall–Kier alpha value is -3.04. The van der Waals surface area contributed by atoms with Gasteiger partial charge in [0.25, 0.3) is 0 Å². The molecule has 2 atom stereocenters. The normalized spacial score (nSPS) is 22.1. The molecule has 200 valence electrons. The van der Waals surface area contributed by atoms with Gasteiger partial charge in [0.15, 0.2) is 5.75 Å². The van der Waals surface area contributed by atoms with E-state index in [-0.39, 0.29) is 24.4 Å². The molecular weight excluding hydrogens is 485 g/mol. The minimum atomic E-state index is -1.05. The zero-order valence-electron chi connectivity index (χ0n) is 21.0. The Bertz CT molecular complexity index is 1070. The van der Waals surface area contributed by atoms with Crippen LogP contribution >= 0.6 is 0 Å². The Kier molecular flexibility index (Phi) is 7.71. The highest BCUT2D eigenvalue weighted by molar-refractivity contribution is 5.79. The Morgan fingerprint density at radius 2 is 1.73 bits per heavy atom. The summed E-state index contributed by atoms with van der Waals surface area (Å²) in [4.78, 5) is 24.4. The maximum absolute atomic E-state index is 14.5. The second-order valence-electron chi connectivity index (χ2n) is 10.2. The quantitative estimate of drug-likeness (QED) is 0.470. The van der Waals surface area contributed by atoms with Crippen molar-refractivity contribution < 1.29 is 27.4 Å². The number of benzene rings is 1. The van der Waals surface area contributed by atoms with Crippen LogP contribution in [0.4, 0.5) is 19.1 Å². The minimum absolute atomic E-state index is 0.0122. The number of ether oxygens (including phenoxy) is 2. The number of carbonyl (C=O) groups is 1. The molecule has 1 saturated carbocycles. The third kappa shape index (κ3) is 6.10. The SMILES string of the molecule is CCOc1cnc(N2CCC(C3CC3CCOc3cc(F)c(CC(=O)N4CC(F)C4)c(F)c3)CC2)nc1. The molecule has 0 radical (unpaired) electrons. The number of carbonyl (C=O) groups excluding carboxylic acids is 1. The topological polar surface area (TPSA) is 67.8 Å². The van der Waals surface area contributed by atoms with E-state index >= 15 is 0 Å². The summed E-state index contributed by atoms with van der Waals surface area (Å²) >= 11 is 0. The predicted molar refractivity (Wildman–Crippen MR) is 131 cm³/mol. The van der Waals surface area contributed by atoms with Gasteiger partial charge in [-0.3, -0.25) is 4.79 Å². The number of rotatable bonds is 10. The standard InChI is InChI=1S/C27H33F3N4O3/c1-2-36-21-13-31-27(32-14-21)33-6-3-17(4-7-33)22-9-18(22)5-8-37-20-10-24(29)23(25(30)11-20)12-26(35)34-15-19(28)16-34/h10-11,13-14,17-19,22H,2-9,12,15-16H2,1H3. The Morgan fingerprint density at radius 3 is 2.35 bits per heavy atom. The van der Waals surface area contributed by atoms with Crippen molar-refractivity contribution >= 4 is 11.9 Å². The van der Waals surface area contributed by atoms with Crippen molar-refractivity contribution in [2.75, 3.05) is 44.3 Å². The summed E-state index contributed by atoms with van der Waals surface area (Å²) in [6.45, 7) is 4.74. The van der Waals surface area contributed by atoms with Gasteiger partial charge >= 0.3 is 0 Å². The summed E-state index contributed by atoms with van der Waals surface area (Å²) in [5, 5.41) is 0. The van der Waals surface area contributed by atoms with Crippen molar-refractivity contribution in [3.63, 3.8) is 0 Å². The molecule has 0 bridgehead atoms. The molecule has 2 aromatic rings. The van der Waals surface area contributed by atoms with Gasteiger partial charge in [0.2, 0.25) is 11.9 Å². The van der Waals surface area contributed by atoms with Gasteiger partial charge in [-0.05, 0) is 50.4 Å². The van der Waals surface area contributed by atoms with E-state index in [1.165, 1.54) is 4.90 Å². The fourth-order valence-corrected chi connectivity index (χ4v) is 5.47. The van der Waals surface area contributed by atoms with E-state index in [1.807, 2.05) is 6.92 Å². The third-order valence-electron chi connectivity index (χ3n) is 7.72. The van der Waals surface area contributed by atoms with Crippen LogP contribution < -0.4 is 14.4 Å². The van der Waals surface area contributed by atoms with Gasteiger partial charge in [-0.1, -0.05) is 0 Å². The van der Waals surface area contributed by atoms with Gasteiger partial charge in [-0.2, -0.15) is 0 Å². The summed E-state index contributed by atoms with van der Waals surface area (Å²) in [6, 6.07) is 2.26. The summed E-state index contributed by atoms with van der Waals surface area (Å²) in [5.41, 5.74) is -0.302. The third-order valence-corrected chi connectivity index (χ3v) is 7.72. The van der Waals surface area contributed by atoms with Crippen molar-refractivity contribution in [3.05, 3.63) is 41.7 Å². The highest BCUT2D eigenvalue weighted by Crippen LogP contribution is 2.49. The molecule has 1 aliphatic carbocycles. The zero-order valence-corrected chi connectivity index (χ0v) is 21.0. The Morgan fingerprint density at radius 1 is 1.05 bits per heavy atom. The second-order valence-corrected chi connectivity index (χ2v) is 10.2. The lowest BCUT2D eigenvalue weighted by molar-refractivity contribution is -0.137. The van der Waals surface area contributed by atoms with Gasteiger partial charge in [0, 0.05) is 30.8 Å². The van der Waals surface area contributed by atoms with E-state index in [0.29, 0.717) is 36.7 Å². The van der Waals surface area contributed by atoms with Crippen molar-refractivity contribution in [1.29, 1.82) is 0 Å². The smallest absolute Gasteiger partial charge is 0.227 e. The number of amides is 1. The van der Waals surface area contributed by atoms with Gasteiger partial charge in [-0.25, -0.2) is 23.1 Å². The average Bonchev–Trinajstić information content (AvgIpc) is 3.64. The molecule has 3 heterocycles. The first-order valence-corrected chi connectivity index (χ1v) is 13.1. The number of nitrogens with zero attached hydrogens (tertiary/aromatic N) is 4. The zero-order chi connectivity index (χ0) is 25.9. The number of hydrogen-bond acceptors (Lipinski definition) is 6. The van der Waals surface area contributed by atoms with Gasteiger partial charge < -0.3 is 19.3 Å². The molecule has 1 aromatic carbocycles. The van der Waals surface area contributed by atoms with Crippen LogP contribution in [-0.4, -0.2) is 66.3 Å². The predicted octanol–water partition coefficient (Wildman–Crippen LogP) is 4.20. The van der Waals surface area contributed by atoms with Crippen LogP contribution in [-0.2, 0) is 11.2 Å². The molecule has 2 aliphatic heterocycles. The Labute approximate surface area is 215 Å². The molecule has 3 aliphatic rings. The first kappa shape index (κ1) is 25.6. The van der Waals surface area contributed by atoms with E-state index in [1.54, 1.807) is 12.4 Å².